The second-order valence-electron chi connectivity index (χ2n) is 32.0. The molecule has 0 aromatic rings. The van der Waals surface area contributed by atoms with Crippen molar-refractivity contribution in [3.63, 3.8) is 0 Å². The van der Waals surface area contributed by atoms with Gasteiger partial charge < -0.3 is 77.1 Å². The third kappa shape index (κ3) is 9.35. The van der Waals surface area contributed by atoms with Crippen LogP contribution in [0.25, 0.3) is 0 Å². The molecule has 3 heterocycles. The molecule has 488 valence electrons. The number of ketones is 1. The highest BCUT2D eigenvalue weighted by molar-refractivity contribution is 6.00. The van der Waals surface area contributed by atoms with Crippen molar-refractivity contribution >= 4 is 5.78 Å². The van der Waals surface area contributed by atoms with Crippen molar-refractivity contribution in [1.82, 2.24) is 16.0 Å². The Morgan fingerprint density at radius 2 is 1.72 bits per heavy atom. The van der Waals surface area contributed by atoms with Crippen LogP contribution in [0.15, 0.2) is 69.6 Å². The molecule has 1 spiro atoms. The van der Waals surface area contributed by atoms with Gasteiger partial charge >= 0.3 is 0 Å². The summed E-state index contributed by atoms with van der Waals surface area (Å²) in [5.74, 6) is -3.31. The minimum absolute atomic E-state index is 0.00210. The van der Waals surface area contributed by atoms with Crippen LogP contribution >= 0.6 is 0 Å². The van der Waals surface area contributed by atoms with E-state index in [2.05, 4.69) is 42.1 Å². The van der Waals surface area contributed by atoms with Crippen LogP contribution in [0.1, 0.15) is 188 Å². The molecule has 11 aliphatic carbocycles. The zero-order valence-corrected chi connectivity index (χ0v) is 53.2. The number of aliphatic hydroxyl groups excluding tert-OH is 5. The first-order valence-corrected chi connectivity index (χ1v) is 35.4. The summed E-state index contributed by atoms with van der Waals surface area (Å²) in [7, 11) is 2.05. The van der Waals surface area contributed by atoms with Crippen molar-refractivity contribution in [2.45, 2.75) is 265 Å². The third-order valence-corrected chi connectivity index (χ3v) is 27.7. The van der Waals surface area contributed by atoms with E-state index in [1.807, 2.05) is 18.2 Å². The fourth-order valence-corrected chi connectivity index (χ4v) is 24.3. The maximum atomic E-state index is 16.5. The SMILES string of the molecule is CCC[C@@H]1CC[C@H]2[C@H]3[C@@H](O[C@@H]2CC1)[C@@](O)([C@](C)(O)[C@H]1CC[C@@]2(O)C4=C(NC[C@H](C)O)C(=O)[C@@H]5C[C@@H](O)[C@@H](O)C[C@@]56C[C@H](C5=C(CCCO)NC(N)C=C5)C=C[C@@](O)(C[C@]12[C@H]1CC[C@]2(CNC)C[C@@H]5O[C@H]7CCC[C@@H]7C7=CCC(=C75)C[C@@H]2C1)[C@@H]46)CCC[C@@H]3O. The first-order valence-electron chi connectivity index (χ1n) is 35.4. The number of hydrogen-bond acceptors (Lipinski definition) is 16. The number of nitrogens with one attached hydrogen (secondary N) is 3. The largest absolute Gasteiger partial charge is 0.396 e. The fourth-order valence-electron chi connectivity index (χ4n) is 24.3. The minimum atomic E-state index is -2.00. The van der Waals surface area contributed by atoms with Crippen LogP contribution in [0.2, 0.25) is 0 Å². The van der Waals surface area contributed by atoms with Crippen molar-refractivity contribution in [3.8, 4) is 0 Å². The quantitative estimate of drug-likeness (QED) is 0.0831. The molecule has 14 aliphatic rings. The number of carbonyl (C=O) groups excluding carboxylic acids is 1. The molecule has 26 atom stereocenters. The van der Waals surface area contributed by atoms with E-state index in [0.717, 1.165) is 94.9 Å². The van der Waals surface area contributed by atoms with Gasteiger partial charge in [0.05, 0.1) is 77.5 Å². The van der Waals surface area contributed by atoms with Gasteiger partial charge in [0.15, 0.2) is 5.78 Å². The van der Waals surface area contributed by atoms with E-state index in [4.69, 9.17) is 15.2 Å². The van der Waals surface area contributed by atoms with Crippen LogP contribution in [0.3, 0.4) is 0 Å². The van der Waals surface area contributed by atoms with Gasteiger partial charge in [-0.15, -0.1) is 0 Å². The predicted octanol–water partition coefficient (Wildman–Crippen LogP) is 6.46. The van der Waals surface area contributed by atoms with E-state index in [1.54, 1.807) is 13.8 Å². The monoisotopic (exact) mass is 1220 g/mol. The number of dihydropyridines is 1. The lowest BCUT2D eigenvalue weighted by molar-refractivity contribution is -0.278. The normalized spacial score (nSPS) is 49.5. The van der Waals surface area contributed by atoms with Crippen LogP contribution in [-0.2, 0) is 14.3 Å². The Kier molecular flexibility index (Phi) is 16.4. The molecular weight excluding hydrogens is 1110 g/mol. The average molecular weight is 1220 g/mol. The highest BCUT2D eigenvalue weighted by Gasteiger charge is 2.81. The summed E-state index contributed by atoms with van der Waals surface area (Å²) in [4.78, 5) is 16.5. The molecule has 0 bridgehead atoms. The summed E-state index contributed by atoms with van der Waals surface area (Å²) in [6.07, 6.45) is 21.4. The van der Waals surface area contributed by atoms with Crippen LogP contribution in [0.4, 0.5) is 0 Å². The standard InChI is InChI=1S/C72H108N4O12/c1-5-9-40-14-17-48-55(20-15-40)88-65-60(48)51(79)12-7-25-72(65,86)66(3,83)57-24-28-71(85)61-62(75-36-39(2)78)63(82)49-32-52(80)53(81)34-68(49)33-42(45-19-21-58(73)76-50(45)11-8-29-77)22-27-69(84,64(61)68)37-70(57,71)43-23-26-67(38-74-4)35-56-59-41(30-44(67)31-43)16-18-47(59)46-10-6-13-54(46)87-56/h18-19,21-22,27,39-40,42-44,46,48-49,51-58,60,64-65,74-81,83-86H,5-17,20,23-26,28-38,73H2,1-4H3/t39-,40+,42+,43-,44+,46+,48+,49-,51-,52+,53-,54-,55+,56-,57+,58?,60+,64-,65+,66+,67+,68-,69+,70-,71+,72+/m0/s1. The molecule has 0 radical (unpaired) electrons. The number of Topliss-reactive ketones (excluding diaryl/α,β-unsaturated/α-hetero) is 1. The molecular formula is C72H108N4O12. The fraction of sp³-hybridized carbons (Fsp3) is 0.819. The lowest BCUT2D eigenvalue weighted by atomic mass is 9.37. The number of nitrogens with two attached hydrogens (primary N) is 1. The first kappa shape index (κ1) is 62.6. The number of aliphatic hydroxyl groups is 9. The summed E-state index contributed by atoms with van der Waals surface area (Å²) in [5.41, 5.74) is 2.58. The van der Waals surface area contributed by atoms with Gasteiger partial charge in [0.1, 0.15) is 5.60 Å². The zero-order valence-electron chi connectivity index (χ0n) is 53.2. The van der Waals surface area contributed by atoms with Crippen molar-refractivity contribution in [2.75, 3.05) is 26.7 Å². The molecule has 16 heteroatoms. The molecule has 1 unspecified atom stereocenters. The molecule has 14 N–H and O–H groups in total. The molecule has 16 nitrogen and oxygen atoms in total. The zero-order chi connectivity index (χ0) is 61.7. The molecule has 0 aromatic carbocycles. The maximum Gasteiger partial charge on any atom is 0.182 e. The summed E-state index contributed by atoms with van der Waals surface area (Å²) in [6.45, 7) is 6.36. The lowest BCUT2D eigenvalue weighted by Crippen LogP contribution is -2.75. The van der Waals surface area contributed by atoms with Crippen LogP contribution < -0.4 is 21.7 Å². The maximum absolute atomic E-state index is 16.5. The van der Waals surface area contributed by atoms with Gasteiger partial charge in [-0.1, -0.05) is 62.5 Å². The number of ether oxygens (including phenoxy) is 2. The smallest absolute Gasteiger partial charge is 0.182 e. The molecule has 2 saturated heterocycles. The highest BCUT2D eigenvalue weighted by Crippen LogP contribution is 2.78. The van der Waals surface area contributed by atoms with Gasteiger partial charge in [-0.25, -0.2) is 0 Å². The third-order valence-electron chi connectivity index (χ3n) is 27.7. The first-order chi connectivity index (χ1) is 42.1. The molecule has 3 aliphatic heterocycles. The highest BCUT2D eigenvalue weighted by atomic mass is 16.5. The Balaban J connectivity index is 0.972. The van der Waals surface area contributed by atoms with Crippen molar-refractivity contribution in [3.05, 3.63) is 69.6 Å². The van der Waals surface area contributed by atoms with E-state index in [9.17, 15) is 35.7 Å². The van der Waals surface area contributed by atoms with E-state index >= 15 is 15.0 Å². The van der Waals surface area contributed by atoms with E-state index in [0.29, 0.717) is 55.9 Å². The molecule has 0 amide bonds. The Hall–Kier alpha value is -2.81. The Morgan fingerprint density at radius 1 is 0.898 bits per heavy atom. The second kappa shape index (κ2) is 23.0. The summed E-state index contributed by atoms with van der Waals surface area (Å²) in [6, 6.07) is 0. The minimum Gasteiger partial charge on any atom is -0.396 e. The molecule has 7 saturated carbocycles. The summed E-state index contributed by atoms with van der Waals surface area (Å²) in [5, 5.41) is 128. The molecule has 0 aromatic heterocycles. The van der Waals surface area contributed by atoms with Crippen LogP contribution in [0, 0.1) is 75.4 Å². The Morgan fingerprint density at radius 3 is 2.50 bits per heavy atom. The van der Waals surface area contributed by atoms with Crippen molar-refractivity contribution in [1.29, 1.82) is 0 Å². The number of rotatable bonds is 14. The number of hydrogen-bond donors (Lipinski definition) is 13. The van der Waals surface area contributed by atoms with Crippen LogP contribution in [-0.4, -0.2) is 156 Å². The average Bonchev–Trinajstić information content (AvgIpc) is 0.939. The topological polar surface area (TPSA) is 280 Å². The van der Waals surface area contributed by atoms with Gasteiger partial charge in [0.25, 0.3) is 0 Å². The van der Waals surface area contributed by atoms with E-state index in [-0.39, 0.29) is 111 Å². The van der Waals surface area contributed by atoms with Crippen molar-refractivity contribution < 1.29 is 60.2 Å². The van der Waals surface area contributed by atoms with Gasteiger partial charge in [0.2, 0.25) is 0 Å². The second-order valence-corrected chi connectivity index (χ2v) is 32.0. The summed E-state index contributed by atoms with van der Waals surface area (Å²) < 4.78 is 14.6. The van der Waals surface area contributed by atoms with Gasteiger partial charge in [-0.2, -0.15) is 0 Å². The Bertz CT molecular complexity index is 2900. The van der Waals surface area contributed by atoms with E-state index in [1.165, 1.54) is 23.1 Å². The predicted molar refractivity (Wildman–Crippen MR) is 333 cm³/mol. The lowest BCUT2D eigenvalue weighted by Gasteiger charge is -2.69. The van der Waals surface area contributed by atoms with E-state index < -0.39 is 99.5 Å². The number of allylic oxidation sites excluding steroid dienone is 7. The molecule has 9 fully saturated rings. The number of fused-ring (bicyclic) bond motifs is 8. The van der Waals surface area contributed by atoms with Crippen LogP contribution in [0.5, 0.6) is 0 Å². The molecule has 88 heavy (non-hydrogen) atoms. The number of carbonyl (C=O) groups is 1. The molecule has 14 rings (SSSR count). The summed E-state index contributed by atoms with van der Waals surface area (Å²) >= 11 is 0. The Labute approximate surface area is 522 Å². The van der Waals surface area contributed by atoms with Crippen molar-refractivity contribution in [2.24, 2.45) is 81.2 Å². The van der Waals surface area contributed by atoms with Gasteiger partial charge in [-0.3, -0.25) is 4.79 Å². The van der Waals surface area contributed by atoms with Gasteiger partial charge in [0, 0.05) is 60.4 Å². The van der Waals surface area contributed by atoms with Gasteiger partial charge in [-0.05, 0) is 231 Å².